The highest BCUT2D eigenvalue weighted by molar-refractivity contribution is 6.29. The molecule has 0 saturated carbocycles. The molecule has 0 radical (unpaired) electrons. The lowest BCUT2D eigenvalue weighted by Gasteiger charge is -2.22. The summed E-state index contributed by atoms with van der Waals surface area (Å²) in [5, 5.41) is 0.351. The van der Waals surface area contributed by atoms with Gasteiger partial charge in [0.1, 0.15) is 5.15 Å². The maximum atomic E-state index is 12.5. The highest BCUT2D eigenvalue weighted by Gasteiger charge is 2.25. The summed E-state index contributed by atoms with van der Waals surface area (Å²) in [6, 6.07) is 13.9. The molecule has 126 valence electrons. The van der Waals surface area contributed by atoms with E-state index < -0.39 is 0 Å². The second kappa shape index (κ2) is 7.77. The maximum absolute atomic E-state index is 12.5. The largest absolute Gasteiger partial charge is 0.341 e. The molecule has 0 bridgehead atoms. The van der Waals surface area contributed by atoms with E-state index in [-0.39, 0.29) is 5.91 Å². The van der Waals surface area contributed by atoms with Gasteiger partial charge >= 0.3 is 0 Å². The molecule has 1 aliphatic heterocycles. The van der Waals surface area contributed by atoms with Gasteiger partial charge in [0.05, 0.1) is 0 Å². The lowest BCUT2D eigenvalue weighted by molar-refractivity contribution is 0.0773. The molecule has 1 aromatic heterocycles. The second-order valence-corrected chi connectivity index (χ2v) is 6.82. The molecule has 1 amide bonds. The Hall–Kier alpha value is -1.91. The van der Waals surface area contributed by atoms with Gasteiger partial charge in [0.25, 0.3) is 5.91 Å². The first kappa shape index (κ1) is 16.9. The van der Waals surface area contributed by atoms with E-state index in [1.807, 2.05) is 13.1 Å². The van der Waals surface area contributed by atoms with Crippen LogP contribution in [0.4, 0.5) is 0 Å². The number of amides is 1. The van der Waals surface area contributed by atoms with Gasteiger partial charge in [-0.1, -0.05) is 41.9 Å². The van der Waals surface area contributed by atoms with E-state index in [2.05, 4.69) is 34.1 Å². The van der Waals surface area contributed by atoms with Crippen molar-refractivity contribution in [2.75, 3.05) is 26.7 Å². The molecule has 0 unspecified atom stereocenters. The quantitative estimate of drug-likeness (QED) is 0.781. The van der Waals surface area contributed by atoms with Gasteiger partial charge in [0.2, 0.25) is 0 Å². The number of benzene rings is 1. The number of pyridine rings is 1. The lowest BCUT2D eigenvalue weighted by Crippen LogP contribution is -2.33. The number of hydrogen-bond acceptors (Lipinski definition) is 3. The molecular formula is C19H22ClN3O. The number of likely N-dealkylation sites (tertiary alicyclic amines) is 1. The Labute approximate surface area is 148 Å². The minimum absolute atomic E-state index is 0.000749. The van der Waals surface area contributed by atoms with Crippen molar-refractivity contribution in [1.82, 2.24) is 14.8 Å². The van der Waals surface area contributed by atoms with Gasteiger partial charge in [-0.3, -0.25) is 9.69 Å². The van der Waals surface area contributed by atoms with E-state index in [0.29, 0.717) is 16.6 Å². The summed E-state index contributed by atoms with van der Waals surface area (Å²) in [6.07, 6.45) is 2.70. The smallest absolute Gasteiger partial charge is 0.253 e. The minimum atomic E-state index is 0.000749. The average Bonchev–Trinajstić information content (AvgIpc) is 3.02. The van der Waals surface area contributed by atoms with Gasteiger partial charge in [-0.2, -0.15) is 0 Å². The molecule has 0 N–H and O–H groups in total. The molecule has 4 nitrogen and oxygen atoms in total. The number of carbonyl (C=O) groups excluding carboxylic acids is 1. The van der Waals surface area contributed by atoms with Crippen molar-refractivity contribution in [3.05, 3.63) is 64.9 Å². The fourth-order valence-electron chi connectivity index (χ4n) is 3.27. The summed E-state index contributed by atoms with van der Waals surface area (Å²) in [5.41, 5.74) is 1.94. The van der Waals surface area contributed by atoms with Crippen LogP contribution in [0.15, 0.2) is 48.7 Å². The van der Waals surface area contributed by atoms with Crippen molar-refractivity contribution in [2.45, 2.75) is 13.0 Å². The predicted molar refractivity (Wildman–Crippen MR) is 96.0 cm³/mol. The molecular weight excluding hydrogens is 322 g/mol. The third-order valence-electron chi connectivity index (χ3n) is 4.47. The molecule has 5 heteroatoms. The molecule has 2 heterocycles. The van der Waals surface area contributed by atoms with Crippen LogP contribution in [-0.2, 0) is 6.54 Å². The fourth-order valence-corrected chi connectivity index (χ4v) is 3.45. The first-order valence-electron chi connectivity index (χ1n) is 8.25. The number of carbonyl (C=O) groups is 1. The van der Waals surface area contributed by atoms with E-state index >= 15 is 0 Å². The van der Waals surface area contributed by atoms with Crippen molar-refractivity contribution in [3.8, 4) is 0 Å². The maximum Gasteiger partial charge on any atom is 0.253 e. The van der Waals surface area contributed by atoms with Gasteiger partial charge in [-0.25, -0.2) is 4.98 Å². The Morgan fingerprint density at radius 1 is 1.33 bits per heavy atom. The van der Waals surface area contributed by atoms with Crippen LogP contribution in [0.1, 0.15) is 22.3 Å². The number of nitrogens with zero attached hydrogens (tertiary/aromatic N) is 3. The Morgan fingerprint density at radius 2 is 2.12 bits per heavy atom. The van der Waals surface area contributed by atoms with Gasteiger partial charge in [-0.15, -0.1) is 0 Å². The molecule has 1 fully saturated rings. The zero-order valence-corrected chi connectivity index (χ0v) is 14.6. The van der Waals surface area contributed by atoms with Crippen LogP contribution in [-0.4, -0.2) is 47.4 Å². The Kier molecular flexibility index (Phi) is 5.48. The predicted octanol–water partition coefficient (Wildman–Crippen LogP) is 3.33. The zero-order chi connectivity index (χ0) is 16.9. The summed E-state index contributed by atoms with van der Waals surface area (Å²) < 4.78 is 0. The van der Waals surface area contributed by atoms with Crippen LogP contribution >= 0.6 is 11.6 Å². The van der Waals surface area contributed by atoms with Crippen LogP contribution in [0, 0.1) is 5.92 Å². The SMILES string of the molecule is CN(C[C@@H]1CCN(Cc2ccccc2)C1)C(=O)c1ccnc(Cl)c1. The Balaban J connectivity index is 1.52. The molecule has 1 saturated heterocycles. The molecule has 2 aromatic rings. The molecule has 0 aliphatic carbocycles. The summed E-state index contributed by atoms with van der Waals surface area (Å²) in [6.45, 7) is 3.87. The fraction of sp³-hybridized carbons (Fsp3) is 0.368. The van der Waals surface area contributed by atoms with Crippen LogP contribution < -0.4 is 0 Å². The first-order valence-corrected chi connectivity index (χ1v) is 8.63. The molecule has 3 rings (SSSR count). The highest BCUT2D eigenvalue weighted by atomic mass is 35.5. The topological polar surface area (TPSA) is 36.4 Å². The summed E-state index contributed by atoms with van der Waals surface area (Å²) in [7, 11) is 1.86. The van der Waals surface area contributed by atoms with Crippen molar-refractivity contribution in [2.24, 2.45) is 5.92 Å². The molecule has 1 aromatic carbocycles. The van der Waals surface area contributed by atoms with E-state index in [4.69, 9.17) is 11.6 Å². The van der Waals surface area contributed by atoms with E-state index in [9.17, 15) is 4.79 Å². The summed E-state index contributed by atoms with van der Waals surface area (Å²) >= 11 is 5.87. The van der Waals surface area contributed by atoms with Gasteiger partial charge in [0.15, 0.2) is 0 Å². The lowest BCUT2D eigenvalue weighted by atomic mass is 10.1. The number of halogens is 1. The monoisotopic (exact) mass is 343 g/mol. The number of hydrogen-bond donors (Lipinski definition) is 0. The summed E-state index contributed by atoms with van der Waals surface area (Å²) in [4.78, 5) is 20.7. The second-order valence-electron chi connectivity index (χ2n) is 6.43. The zero-order valence-electron chi connectivity index (χ0n) is 13.9. The Bertz CT molecular complexity index is 692. The van der Waals surface area contributed by atoms with Gasteiger partial charge < -0.3 is 4.90 Å². The molecule has 1 atom stereocenters. The van der Waals surface area contributed by atoms with E-state index in [1.165, 1.54) is 5.56 Å². The van der Waals surface area contributed by atoms with Crippen molar-refractivity contribution >= 4 is 17.5 Å². The summed E-state index contributed by atoms with van der Waals surface area (Å²) in [5.74, 6) is 0.515. The molecule has 24 heavy (non-hydrogen) atoms. The van der Waals surface area contributed by atoms with E-state index in [1.54, 1.807) is 23.2 Å². The minimum Gasteiger partial charge on any atom is -0.341 e. The van der Waals surface area contributed by atoms with Gasteiger partial charge in [0, 0.05) is 38.4 Å². The molecule has 0 spiro atoms. The third-order valence-corrected chi connectivity index (χ3v) is 4.68. The van der Waals surface area contributed by atoms with Crippen molar-refractivity contribution in [1.29, 1.82) is 0 Å². The van der Waals surface area contributed by atoms with Crippen LogP contribution in [0.3, 0.4) is 0 Å². The van der Waals surface area contributed by atoms with Crippen LogP contribution in [0.5, 0.6) is 0 Å². The standard InChI is InChI=1S/C19H22ClN3O/c1-22(19(24)17-7-9-21-18(20)11-17)12-16-8-10-23(14-16)13-15-5-3-2-4-6-15/h2-7,9,11,16H,8,10,12-14H2,1H3/t16-/m0/s1. The molecule has 1 aliphatic rings. The van der Waals surface area contributed by atoms with Crippen molar-refractivity contribution in [3.63, 3.8) is 0 Å². The van der Waals surface area contributed by atoms with Gasteiger partial charge in [-0.05, 0) is 36.6 Å². The van der Waals surface area contributed by atoms with Crippen LogP contribution in [0.25, 0.3) is 0 Å². The van der Waals surface area contributed by atoms with Crippen molar-refractivity contribution < 1.29 is 4.79 Å². The number of aromatic nitrogens is 1. The third kappa shape index (κ3) is 4.34. The van der Waals surface area contributed by atoms with E-state index in [0.717, 1.165) is 32.6 Å². The number of rotatable bonds is 5. The Morgan fingerprint density at radius 3 is 2.88 bits per heavy atom. The normalized spacial score (nSPS) is 17.8. The highest BCUT2D eigenvalue weighted by Crippen LogP contribution is 2.20. The van der Waals surface area contributed by atoms with Crippen LogP contribution in [0.2, 0.25) is 5.15 Å². The average molecular weight is 344 g/mol. The first-order chi connectivity index (χ1) is 11.6.